The molecule has 0 aliphatic carbocycles. The summed E-state index contributed by atoms with van der Waals surface area (Å²) in [6.45, 7) is 21.3. The minimum atomic E-state index is -1.08. The lowest BCUT2D eigenvalue weighted by Crippen LogP contribution is -2.59. The Labute approximate surface area is 101 Å². The first-order chi connectivity index (χ1) is 6.55. The van der Waals surface area contributed by atoms with E-state index in [-0.39, 0.29) is 8.80 Å². The Balaban J connectivity index is 4.29. The smallest absolute Gasteiger partial charge is 0.112 e. The third kappa shape index (κ3) is 6.71. The quantitative estimate of drug-likeness (QED) is 0.657. The fourth-order valence-electron chi connectivity index (χ4n) is 2.33. The van der Waals surface area contributed by atoms with Gasteiger partial charge in [-0.1, -0.05) is 58.4 Å². The molecule has 1 nitrogen and oxygen atoms in total. The average molecular weight is 262 g/mol. The van der Waals surface area contributed by atoms with Crippen LogP contribution in [0.2, 0.25) is 58.4 Å². The predicted molar refractivity (Wildman–Crippen MR) is 81.7 cm³/mol. The zero-order valence-electron chi connectivity index (χ0n) is 12.1. The monoisotopic (exact) mass is 261 g/mol. The van der Waals surface area contributed by atoms with Gasteiger partial charge in [0.15, 0.2) is 0 Å². The molecule has 0 aromatic carbocycles. The lowest BCUT2D eigenvalue weighted by molar-refractivity contribution is 0.600. The fraction of sp³-hybridized carbons (Fsp3) is 1.00. The number of hydrogen-bond acceptors (Lipinski definition) is 1. The van der Waals surface area contributed by atoms with Gasteiger partial charge in [-0.15, -0.1) is 0 Å². The van der Waals surface area contributed by atoms with Crippen molar-refractivity contribution in [1.29, 1.82) is 0 Å². The van der Waals surface area contributed by atoms with Gasteiger partial charge < -0.3 is 4.23 Å². The van der Waals surface area contributed by atoms with Crippen molar-refractivity contribution < 1.29 is 0 Å². The molecule has 0 fully saturated rings. The Morgan fingerprint density at radius 3 is 1.53 bits per heavy atom. The van der Waals surface area contributed by atoms with E-state index in [9.17, 15) is 0 Å². The molecule has 92 valence electrons. The summed E-state index contributed by atoms with van der Waals surface area (Å²) in [5, 5.41) is 0. The Morgan fingerprint density at radius 1 is 0.867 bits per heavy atom. The first kappa shape index (κ1) is 15.6. The summed E-state index contributed by atoms with van der Waals surface area (Å²) in [7, 11) is -2.50. The highest BCUT2D eigenvalue weighted by Crippen LogP contribution is 2.20. The van der Waals surface area contributed by atoms with Gasteiger partial charge in [0.05, 0.1) is 0 Å². The molecule has 0 unspecified atom stereocenters. The zero-order chi connectivity index (χ0) is 12.3. The van der Waals surface area contributed by atoms with E-state index in [0.717, 1.165) is 0 Å². The van der Waals surface area contributed by atoms with Crippen molar-refractivity contribution in [1.82, 2.24) is 4.23 Å². The Morgan fingerprint density at radius 2 is 1.27 bits per heavy atom. The molecule has 4 heteroatoms. The van der Waals surface area contributed by atoms with Gasteiger partial charge in [0.2, 0.25) is 0 Å². The van der Waals surface area contributed by atoms with Crippen molar-refractivity contribution in [2.75, 3.05) is 6.54 Å². The molecule has 0 aromatic heterocycles. The summed E-state index contributed by atoms with van der Waals surface area (Å²) in [5.41, 5.74) is 0. The summed E-state index contributed by atoms with van der Waals surface area (Å²) in [4.78, 5) is 0. The van der Waals surface area contributed by atoms with Crippen LogP contribution < -0.4 is 0 Å². The van der Waals surface area contributed by atoms with E-state index in [1.807, 2.05) is 0 Å². The Kier molecular flexibility index (Phi) is 6.03. The summed E-state index contributed by atoms with van der Waals surface area (Å²) >= 11 is 0. The fourth-order valence-corrected chi connectivity index (χ4v) is 13.0. The highest BCUT2D eigenvalue weighted by Gasteiger charge is 2.33. The SMILES string of the molecule is C[SiH](C)CCCN([Si](C)(C)C)[Si](C)(C)C. The molecule has 0 aliphatic rings. The first-order valence-electron chi connectivity index (χ1n) is 6.33. The van der Waals surface area contributed by atoms with E-state index in [1.54, 1.807) is 0 Å². The van der Waals surface area contributed by atoms with Crippen molar-refractivity contribution in [2.24, 2.45) is 0 Å². The molecular formula is C11H31NSi3. The molecule has 0 atom stereocenters. The largest absolute Gasteiger partial charge is 0.346 e. The topological polar surface area (TPSA) is 3.24 Å². The molecule has 0 amide bonds. The normalized spacial score (nSPS) is 14.0. The van der Waals surface area contributed by atoms with E-state index in [1.165, 1.54) is 19.0 Å². The van der Waals surface area contributed by atoms with Crippen LogP contribution in [0.3, 0.4) is 0 Å². The second-order valence-electron chi connectivity index (χ2n) is 7.03. The van der Waals surface area contributed by atoms with Gasteiger partial charge in [0.1, 0.15) is 16.5 Å². The second-order valence-corrected chi connectivity index (χ2v) is 20.6. The van der Waals surface area contributed by atoms with Gasteiger partial charge >= 0.3 is 0 Å². The van der Waals surface area contributed by atoms with Crippen LogP contribution in [0.4, 0.5) is 0 Å². The molecule has 0 bridgehead atoms. The summed E-state index contributed by atoms with van der Waals surface area (Å²) in [5.74, 6) is 0. The van der Waals surface area contributed by atoms with E-state index in [0.29, 0.717) is 0 Å². The third-order valence-electron chi connectivity index (χ3n) is 2.78. The number of hydrogen-bond donors (Lipinski definition) is 0. The minimum Gasteiger partial charge on any atom is -0.346 e. The summed E-state index contributed by atoms with van der Waals surface area (Å²) in [6, 6.07) is 1.52. The van der Waals surface area contributed by atoms with Crippen LogP contribution in [0.5, 0.6) is 0 Å². The van der Waals surface area contributed by atoms with Gasteiger partial charge in [-0.05, 0) is 13.0 Å². The van der Waals surface area contributed by atoms with E-state index < -0.39 is 16.5 Å². The van der Waals surface area contributed by atoms with Crippen molar-refractivity contribution in [3.63, 3.8) is 0 Å². The maximum Gasteiger partial charge on any atom is 0.112 e. The lowest BCUT2D eigenvalue weighted by Gasteiger charge is -2.43. The zero-order valence-corrected chi connectivity index (χ0v) is 15.3. The molecule has 0 spiro atoms. The van der Waals surface area contributed by atoms with Crippen LogP contribution in [-0.4, -0.2) is 36.0 Å². The predicted octanol–water partition coefficient (Wildman–Crippen LogP) is 3.84. The van der Waals surface area contributed by atoms with Crippen LogP contribution in [0.1, 0.15) is 6.42 Å². The van der Waals surface area contributed by atoms with Crippen LogP contribution in [0, 0.1) is 0 Å². The highest BCUT2D eigenvalue weighted by molar-refractivity contribution is 6.89. The van der Waals surface area contributed by atoms with Crippen LogP contribution in [-0.2, 0) is 0 Å². The molecule has 0 heterocycles. The van der Waals surface area contributed by atoms with Crippen LogP contribution >= 0.6 is 0 Å². The van der Waals surface area contributed by atoms with E-state index in [2.05, 4.69) is 56.6 Å². The number of nitrogens with zero attached hydrogens (tertiary/aromatic N) is 1. The molecule has 15 heavy (non-hydrogen) atoms. The summed E-state index contributed by atoms with van der Waals surface area (Å²) < 4.78 is 2.91. The molecule has 0 aromatic rings. The molecule has 0 aliphatic heterocycles. The lowest BCUT2D eigenvalue weighted by atomic mass is 10.5. The highest BCUT2D eigenvalue weighted by atomic mass is 28.4. The average Bonchev–Trinajstić information content (AvgIpc) is 1.92. The van der Waals surface area contributed by atoms with Crippen molar-refractivity contribution >= 4 is 25.3 Å². The van der Waals surface area contributed by atoms with Crippen LogP contribution in [0.15, 0.2) is 0 Å². The van der Waals surface area contributed by atoms with Crippen molar-refractivity contribution in [2.45, 2.75) is 64.8 Å². The standard InChI is InChI=1S/C11H31NSi3/c1-13(2)11-9-10-12(14(3,4)5)15(6,7)8/h13H,9-11H2,1-8H3. The molecule has 0 saturated carbocycles. The first-order valence-corrected chi connectivity index (χ1v) is 16.3. The Bertz CT molecular complexity index is 165. The van der Waals surface area contributed by atoms with Gasteiger partial charge in [0, 0.05) is 8.80 Å². The Hall–Kier alpha value is 0.611. The molecule has 0 radical (unpaired) electrons. The third-order valence-corrected chi connectivity index (χ3v) is 12.1. The minimum absolute atomic E-state index is 0.333. The van der Waals surface area contributed by atoms with Gasteiger partial charge in [0.25, 0.3) is 0 Å². The maximum absolute atomic E-state index is 2.91. The van der Waals surface area contributed by atoms with Crippen LogP contribution in [0.25, 0.3) is 0 Å². The van der Waals surface area contributed by atoms with Gasteiger partial charge in [-0.3, -0.25) is 0 Å². The van der Waals surface area contributed by atoms with Crippen molar-refractivity contribution in [3.8, 4) is 0 Å². The molecular weight excluding hydrogens is 230 g/mol. The molecule has 0 saturated heterocycles. The van der Waals surface area contributed by atoms with Crippen molar-refractivity contribution in [3.05, 3.63) is 0 Å². The summed E-state index contributed by atoms with van der Waals surface area (Å²) in [6.07, 6.45) is 1.44. The van der Waals surface area contributed by atoms with Gasteiger partial charge in [-0.2, -0.15) is 0 Å². The van der Waals surface area contributed by atoms with Gasteiger partial charge in [-0.25, -0.2) is 0 Å². The molecule has 0 rings (SSSR count). The van der Waals surface area contributed by atoms with E-state index in [4.69, 9.17) is 0 Å². The second kappa shape index (κ2) is 5.80. The van der Waals surface area contributed by atoms with E-state index >= 15 is 0 Å². The molecule has 0 N–H and O–H groups in total. The number of rotatable bonds is 6. The maximum atomic E-state index is 2.91.